The fourth-order valence-electron chi connectivity index (χ4n) is 6.76. The largest absolute Gasteiger partial charge is 0.374 e. The lowest BCUT2D eigenvalue weighted by Crippen LogP contribution is -2.58. The van der Waals surface area contributed by atoms with Crippen LogP contribution in [0.5, 0.6) is 0 Å². The molecule has 0 spiro atoms. The Morgan fingerprint density at radius 3 is 1.49 bits per heavy atom. The maximum absolute atomic E-state index is 7.23. The van der Waals surface area contributed by atoms with Crippen LogP contribution in [0.4, 0.5) is 0 Å². The quantitative estimate of drug-likeness (QED) is 0.0981. The van der Waals surface area contributed by atoms with Gasteiger partial charge in [-0.15, -0.1) is 0 Å². The Morgan fingerprint density at radius 1 is 0.471 bits per heavy atom. The van der Waals surface area contributed by atoms with E-state index < -0.39 is 30.5 Å². The van der Waals surface area contributed by atoms with Crippen molar-refractivity contribution in [3.05, 3.63) is 191 Å². The Bertz CT molecular complexity index is 1920. The topological polar surface area (TPSA) is 46.2 Å². The second-order valence-electron chi connectivity index (χ2n) is 12.9. The van der Waals surface area contributed by atoms with E-state index in [4.69, 9.17) is 23.7 Å². The summed E-state index contributed by atoms with van der Waals surface area (Å²) in [5.41, 5.74) is 6.55. The molecule has 6 aromatic rings. The summed E-state index contributed by atoms with van der Waals surface area (Å²) in [6.07, 6.45) is -2.42. The number of halogens is 1. The van der Waals surface area contributed by atoms with Gasteiger partial charge in [0.1, 0.15) is 30.5 Å². The highest BCUT2D eigenvalue weighted by Gasteiger charge is 2.49. The third-order valence-electron chi connectivity index (χ3n) is 9.30. The van der Waals surface area contributed by atoms with Crippen LogP contribution in [0.1, 0.15) is 39.5 Å². The first-order valence-electron chi connectivity index (χ1n) is 17.6. The maximum atomic E-state index is 7.23. The van der Waals surface area contributed by atoms with E-state index in [-0.39, 0.29) is 0 Å². The lowest BCUT2D eigenvalue weighted by Gasteiger charge is -2.46. The summed E-state index contributed by atoms with van der Waals surface area (Å²) in [4.78, 5) is 0. The molecule has 0 amide bonds. The van der Waals surface area contributed by atoms with Gasteiger partial charge in [-0.2, -0.15) is 0 Å². The van der Waals surface area contributed by atoms with Gasteiger partial charge >= 0.3 is 0 Å². The Balaban J connectivity index is 1.30. The zero-order valence-corrected chi connectivity index (χ0v) is 30.1. The van der Waals surface area contributed by atoms with E-state index in [0.29, 0.717) is 38.4 Å². The van der Waals surface area contributed by atoms with E-state index in [1.54, 1.807) is 0 Å². The normalized spacial score (nSPS) is 20.4. The maximum Gasteiger partial charge on any atom is 0.117 e. The molecule has 0 aliphatic carbocycles. The van der Waals surface area contributed by atoms with Crippen LogP contribution in [0.3, 0.4) is 0 Å². The van der Waals surface area contributed by atoms with Gasteiger partial charge in [-0.05, 0) is 44.2 Å². The van der Waals surface area contributed by atoms with Crippen molar-refractivity contribution in [3.8, 4) is 0 Å². The van der Waals surface area contributed by atoms with Crippen molar-refractivity contribution in [2.24, 2.45) is 0 Å². The fraction of sp³-hybridized carbons (Fsp3) is 0.244. The first kappa shape index (κ1) is 35.3. The Labute approximate surface area is 309 Å². The molecule has 0 unspecified atom stereocenters. The minimum Gasteiger partial charge on any atom is -0.374 e. The molecule has 0 aromatic heterocycles. The smallest absolute Gasteiger partial charge is 0.117 e. The molecule has 7 rings (SSSR count). The van der Waals surface area contributed by atoms with Gasteiger partial charge in [0.25, 0.3) is 0 Å². The molecule has 1 saturated heterocycles. The zero-order chi connectivity index (χ0) is 34.7. The van der Waals surface area contributed by atoms with E-state index in [1.807, 2.05) is 72.8 Å². The van der Waals surface area contributed by atoms with Crippen LogP contribution in [-0.2, 0) is 55.4 Å². The van der Waals surface area contributed by atoms with Crippen molar-refractivity contribution >= 4 is 26.7 Å². The molecular weight excluding hydrogens is 700 g/mol. The van der Waals surface area contributed by atoms with Gasteiger partial charge in [0.15, 0.2) is 0 Å². The highest BCUT2D eigenvalue weighted by molar-refractivity contribution is 9.08. The Morgan fingerprint density at radius 2 is 0.941 bits per heavy atom. The summed E-state index contributed by atoms with van der Waals surface area (Å²) >= 11 is 3.72. The van der Waals surface area contributed by atoms with Gasteiger partial charge in [0, 0.05) is 5.33 Å². The number of alkyl halides is 1. The number of rotatable bonds is 15. The van der Waals surface area contributed by atoms with E-state index >= 15 is 0 Å². The molecule has 0 radical (unpaired) electrons. The third kappa shape index (κ3) is 9.21. The van der Waals surface area contributed by atoms with Crippen LogP contribution < -0.4 is 0 Å². The van der Waals surface area contributed by atoms with Crippen molar-refractivity contribution in [1.29, 1.82) is 0 Å². The molecule has 1 aliphatic rings. The summed E-state index contributed by atoms with van der Waals surface area (Å²) in [7, 11) is 0. The molecule has 1 fully saturated rings. The predicted molar refractivity (Wildman–Crippen MR) is 205 cm³/mol. The molecule has 5 nitrogen and oxygen atoms in total. The van der Waals surface area contributed by atoms with Gasteiger partial charge in [-0.3, -0.25) is 0 Å². The lowest BCUT2D eigenvalue weighted by atomic mass is 9.87. The van der Waals surface area contributed by atoms with Crippen LogP contribution in [0.15, 0.2) is 158 Å². The fourth-order valence-corrected chi connectivity index (χ4v) is 7.08. The first-order chi connectivity index (χ1) is 25.2. The minimum atomic E-state index is -0.506. The van der Waals surface area contributed by atoms with Crippen LogP contribution in [-0.4, -0.2) is 31.0 Å². The third-order valence-corrected chi connectivity index (χ3v) is 9.95. The summed E-state index contributed by atoms with van der Waals surface area (Å²) in [5, 5.41) is 2.99. The molecule has 0 saturated carbocycles. The standard InChI is InChI=1S/C45H43BrO5/c46-27-37-25-38-23-13-14-24-39(38)40(26-37)42-44(49-30-35-19-9-3-10-20-35)45(50-31-36-21-11-4-12-22-36)43(48-29-34-17-7-2-8-18-34)41(51-42)32-47-28-33-15-5-1-6-16-33/h1-26,41-45H,27-32H2/t41-,42-,43+,44-,45-/m0/s1. The second-order valence-corrected chi connectivity index (χ2v) is 13.5. The van der Waals surface area contributed by atoms with Crippen LogP contribution in [0, 0.1) is 0 Å². The van der Waals surface area contributed by atoms with E-state index in [2.05, 4.69) is 101 Å². The summed E-state index contributed by atoms with van der Waals surface area (Å²) in [6, 6.07) is 53.9. The number of hydrogen-bond acceptors (Lipinski definition) is 5. The summed E-state index contributed by atoms with van der Waals surface area (Å²) < 4.78 is 34.5. The van der Waals surface area contributed by atoms with Crippen molar-refractivity contribution in [1.82, 2.24) is 0 Å². The van der Waals surface area contributed by atoms with E-state index in [0.717, 1.165) is 44.2 Å². The van der Waals surface area contributed by atoms with Crippen molar-refractivity contribution in [3.63, 3.8) is 0 Å². The van der Waals surface area contributed by atoms with E-state index in [9.17, 15) is 0 Å². The average Bonchev–Trinajstić information content (AvgIpc) is 3.20. The van der Waals surface area contributed by atoms with Gasteiger partial charge in [0.2, 0.25) is 0 Å². The van der Waals surface area contributed by atoms with Crippen LogP contribution in [0.25, 0.3) is 10.8 Å². The van der Waals surface area contributed by atoms with Crippen molar-refractivity contribution in [2.75, 3.05) is 6.61 Å². The Hall–Kier alpha value is -4.14. The minimum absolute atomic E-state index is 0.317. The second kappa shape index (κ2) is 17.9. The molecule has 0 bridgehead atoms. The number of ether oxygens (including phenoxy) is 5. The van der Waals surface area contributed by atoms with Gasteiger partial charge < -0.3 is 23.7 Å². The van der Waals surface area contributed by atoms with Gasteiger partial charge in [0.05, 0.1) is 33.0 Å². The molecule has 1 heterocycles. The first-order valence-corrected chi connectivity index (χ1v) is 18.7. The molecule has 5 atom stereocenters. The number of fused-ring (bicyclic) bond motifs is 1. The van der Waals surface area contributed by atoms with Crippen LogP contribution in [0.2, 0.25) is 0 Å². The monoisotopic (exact) mass is 742 g/mol. The molecule has 51 heavy (non-hydrogen) atoms. The van der Waals surface area contributed by atoms with Crippen molar-refractivity contribution in [2.45, 2.75) is 62.3 Å². The molecule has 1 aliphatic heterocycles. The summed E-state index contributed by atoms with van der Waals surface area (Å²) in [6.45, 7) is 1.97. The molecule has 260 valence electrons. The van der Waals surface area contributed by atoms with Gasteiger partial charge in [-0.25, -0.2) is 0 Å². The summed E-state index contributed by atoms with van der Waals surface area (Å²) in [5.74, 6) is 0. The average molecular weight is 744 g/mol. The molecule has 6 heteroatoms. The molecule has 6 aromatic carbocycles. The number of hydrogen-bond donors (Lipinski definition) is 0. The predicted octanol–water partition coefficient (Wildman–Crippen LogP) is 10.1. The zero-order valence-electron chi connectivity index (χ0n) is 28.6. The SMILES string of the molecule is BrCc1cc([C@@H]2O[C@@H](COCc3ccccc3)[C@@H](OCc3ccccc3)[C@H](OCc3ccccc3)[C@H]2OCc2ccccc2)c2ccccc2c1. The molecule has 0 N–H and O–H groups in total. The lowest BCUT2D eigenvalue weighted by molar-refractivity contribution is -0.274. The van der Waals surface area contributed by atoms with E-state index in [1.165, 1.54) is 0 Å². The van der Waals surface area contributed by atoms with Crippen LogP contribution >= 0.6 is 15.9 Å². The molecular formula is C45H43BrO5. The highest BCUT2D eigenvalue weighted by Crippen LogP contribution is 2.41. The van der Waals surface area contributed by atoms with Crippen molar-refractivity contribution < 1.29 is 23.7 Å². The highest BCUT2D eigenvalue weighted by atomic mass is 79.9. The number of benzene rings is 6. The Kier molecular flexibility index (Phi) is 12.4. The van der Waals surface area contributed by atoms with Gasteiger partial charge in [-0.1, -0.05) is 174 Å².